The van der Waals surface area contributed by atoms with Crippen LogP contribution in [0.25, 0.3) is 0 Å². The van der Waals surface area contributed by atoms with Gasteiger partial charge in [0.1, 0.15) is 11.6 Å². The molecule has 3 N–H and O–H groups in total. The van der Waals surface area contributed by atoms with Gasteiger partial charge in [0.15, 0.2) is 0 Å². The normalized spacial score (nSPS) is 14.7. The summed E-state index contributed by atoms with van der Waals surface area (Å²) in [7, 11) is 1.84. The quantitative estimate of drug-likeness (QED) is 0.786. The second kappa shape index (κ2) is 5.21. The molecule has 1 aromatic rings. The van der Waals surface area contributed by atoms with E-state index in [4.69, 9.17) is 5.73 Å². The number of nitrogens with one attached hydrogen (secondary N) is 1. The Morgan fingerprint density at radius 1 is 1.47 bits per heavy atom. The molecular formula is C12H21N5. The zero-order valence-corrected chi connectivity index (χ0v) is 10.6. The molecule has 1 saturated carbocycles. The highest BCUT2D eigenvalue weighted by Gasteiger charge is 2.25. The van der Waals surface area contributed by atoms with Crippen LogP contribution < -0.4 is 16.0 Å². The minimum atomic E-state index is 0.337. The Labute approximate surface area is 102 Å². The molecule has 0 saturated heterocycles. The van der Waals surface area contributed by atoms with Crippen LogP contribution in [0, 0.1) is 5.92 Å². The lowest BCUT2D eigenvalue weighted by Gasteiger charge is -2.23. The zero-order chi connectivity index (χ0) is 12.3. The van der Waals surface area contributed by atoms with E-state index in [1.807, 2.05) is 13.1 Å². The predicted molar refractivity (Wildman–Crippen MR) is 71.2 cm³/mol. The van der Waals surface area contributed by atoms with Crippen LogP contribution in [-0.4, -0.2) is 30.1 Å². The Morgan fingerprint density at radius 2 is 2.24 bits per heavy atom. The maximum absolute atomic E-state index is 5.73. The molecular weight excluding hydrogens is 214 g/mol. The third kappa shape index (κ3) is 3.22. The van der Waals surface area contributed by atoms with Crippen LogP contribution in [0.5, 0.6) is 0 Å². The Hall–Kier alpha value is -1.52. The molecule has 0 unspecified atom stereocenters. The summed E-state index contributed by atoms with van der Waals surface area (Å²) in [5, 5.41) is 3.02. The van der Waals surface area contributed by atoms with Crippen LogP contribution in [-0.2, 0) is 0 Å². The van der Waals surface area contributed by atoms with Gasteiger partial charge in [0.2, 0.25) is 5.95 Å². The van der Waals surface area contributed by atoms with Crippen molar-refractivity contribution in [2.75, 3.05) is 36.1 Å². The van der Waals surface area contributed by atoms with Crippen molar-refractivity contribution in [3.8, 4) is 0 Å². The lowest BCUT2D eigenvalue weighted by Crippen LogP contribution is -2.28. The molecule has 1 aromatic heterocycles. The number of nitrogens with two attached hydrogens (primary N) is 1. The number of anilines is 3. The molecule has 0 atom stereocenters. The van der Waals surface area contributed by atoms with Crippen molar-refractivity contribution in [2.24, 2.45) is 5.92 Å². The molecule has 2 rings (SSSR count). The molecule has 0 aliphatic heterocycles. The molecule has 0 radical (unpaired) electrons. The first-order valence-electron chi connectivity index (χ1n) is 6.30. The lowest BCUT2D eigenvalue weighted by atomic mass is 10.3. The molecule has 5 nitrogen and oxygen atoms in total. The fourth-order valence-corrected chi connectivity index (χ4v) is 1.92. The van der Waals surface area contributed by atoms with Gasteiger partial charge in [-0.25, -0.2) is 0 Å². The van der Waals surface area contributed by atoms with Crippen molar-refractivity contribution < 1.29 is 0 Å². The second-order valence-electron chi connectivity index (χ2n) is 4.61. The Morgan fingerprint density at radius 3 is 2.82 bits per heavy atom. The van der Waals surface area contributed by atoms with Gasteiger partial charge in [-0.2, -0.15) is 9.97 Å². The van der Waals surface area contributed by atoms with E-state index in [1.165, 1.54) is 12.8 Å². The standard InChI is InChI=1S/C12H21N5/c1-3-6-17(8-9-4-5-9)11-7-10(14-2)15-12(13)16-11/h7,9H,3-6,8H2,1-2H3,(H3,13,14,15,16). The summed E-state index contributed by atoms with van der Waals surface area (Å²) in [5.74, 6) is 2.90. The molecule has 0 bridgehead atoms. The van der Waals surface area contributed by atoms with E-state index in [0.717, 1.165) is 37.1 Å². The molecule has 0 spiro atoms. The van der Waals surface area contributed by atoms with Crippen molar-refractivity contribution >= 4 is 17.6 Å². The highest BCUT2D eigenvalue weighted by atomic mass is 15.2. The van der Waals surface area contributed by atoms with E-state index in [2.05, 4.69) is 27.1 Å². The van der Waals surface area contributed by atoms with Crippen molar-refractivity contribution in [3.05, 3.63) is 6.07 Å². The summed E-state index contributed by atoms with van der Waals surface area (Å²) < 4.78 is 0. The Balaban J connectivity index is 2.17. The van der Waals surface area contributed by atoms with Crippen LogP contribution in [0.2, 0.25) is 0 Å². The molecule has 1 aliphatic carbocycles. The van der Waals surface area contributed by atoms with Gasteiger partial charge in [-0.15, -0.1) is 0 Å². The fourth-order valence-electron chi connectivity index (χ4n) is 1.92. The molecule has 1 aliphatic rings. The third-order valence-electron chi connectivity index (χ3n) is 2.98. The number of hydrogen-bond acceptors (Lipinski definition) is 5. The highest BCUT2D eigenvalue weighted by molar-refractivity contribution is 5.52. The van der Waals surface area contributed by atoms with Crippen LogP contribution >= 0.6 is 0 Å². The van der Waals surface area contributed by atoms with Gasteiger partial charge < -0.3 is 16.0 Å². The molecule has 5 heteroatoms. The fraction of sp³-hybridized carbons (Fsp3) is 0.667. The van der Waals surface area contributed by atoms with E-state index < -0.39 is 0 Å². The van der Waals surface area contributed by atoms with E-state index in [-0.39, 0.29) is 0 Å². The Bertz CT molecular complexity index is 375. The summed E-state index contributed by atoms with van der Waals surface area (Å²) in [4.78, 5) is 10.8. The first kappa shape index (κ1) is 12.0. The number of rotatable bonds is 6. The molecule has 1 heterocycles. The van der Waals surface area contributed by atoms with Gasteiger partial charge >= 0.3 is 0 Å². The summed E-state index contributed by atoms with van der Waals surface area (Å²) in [6.07, 6.45) is 3.81. The third-order valence-corrected chi connectivity index (χ3v) is 2.98. The van der Waals surface area contributed by atoms with Gasteiger partial charge in [0, 0.05) is 26.2 Å². The predicted octanol–water partition coefficient (Wildman–Crippen LogP) is 1.73. The smallest absolute Gasteiger partial charge is 0.223 e. The van der Waals surface area contributed by atoms with E-state index in [9.17, 15) is 0 Å². The molecule has 17 heavy (non-hydrogen) atoms. The maximum atomic E-state index is 5.73. The van der Waals surface area contributed by atoms with Gasteiger partial charge in [-0.1, -0.05) is 6.92 Å². The highest BCUT2D eigenvalue weighted by Crippen LogP contribution is 2.31. The second-order valence-corrected chi connectivity index (χ2v) is 4.61. The SMILES string of the molecule is CCCN(CC1CC1)c1cc(NC)nc(N)n1. The van der Waals surface area contributed by atoms with Crippen LogP contribution in [0.15, 0.2) is 6.07 Å². The minimum Gasteiger partial charge on any atom is -0.373 e. The summed E-state index contributed by atoms with van der Waals surface area (Å²) in [6.45, 7) is 4.30. The Kier molecular flexibility index (Phi) is 3.66. The minimum absolute atomic E-state index is 0.337. The van der Waals surface area contributed by atoms with Gasteiger partial charge in [-0.05, 0) is 25.2 Å². The first-order chi connectivity index (χ1) is 8.22. The van der Waals surface area contributed by atoms with Crippen molar-refractivity contribution in [1.82, 2.24) is 9.97 Å². The summed E-state index contributed by atoms with van der Waals surface area (Å²) >= 11 is 0. The van der Waals surface area contributed by atoms with Crippen molar-refractivity contribution in [1.29, 1.82) is 0 Å². The average Bonchev–Trinajstić information content (AvgIpc) is 3.11. The van der Waals surface area contributed by atoms with Crippen LogP contribution in [0.1, 0.15) is 26.2 Å². The van der Waals surface area contributed by atoms with Gasteiger partial charge in [0.05, 0.1) is 0 Å². The van der Waals surface area contributed by atoms with E-state index in [1.54, 1.807) is 0 Å². The zero-order valence-electron chi connectivity index (χ0n) is 10.6. The van der Waals surface area contributed by atoms with Crippen molar-refractivity contribution in [2.45, 2.75) is 26.2 Å². The van der Waals surface area contributed by atoms with Gasteiger partial charge in [-0.3, -0.25) is 0 Å². The lowest BCUT2D eigenvalue weighted by molar-refractivity contribution is 0.699. The average molecular weight is 235 g/mol. The molecule has 94 valence electrons. The largest absolute Gasteiger partial charge is 0.373 e. The van der Waals surface area contributed by atoms with Crippen LogP contribution in [0.4, 0.5) is 17.6 Å². The summed E-state index contributed by atoms with van der Waals surface area (Å²) in [5.41, 5.74) is 5.73. The molecule has 0 amide bonds. The number of nitrogen functional groups attached to an aromatic ring is 1. The topological polar surface area (TPSA) is 67.1 Å². The number of aromatic nitrogens is 2. The van der Waals surface area contributed by atoms with E-state index >= 15 is 0 Å². The number of nitrogens with zero attached hydrogens (tertiary/aromatic N) is 3. The summed E-state index contributed by atoms with van der Waals surface area (Å²) in [6, 6.07) is 1.97. The molecule has 1 fully saturated rings. The number of hydrogen-bond donors (Lipinski definition) is 2. The monoisotopic (exact) mass is 235 g/mol. The first-order valence-corrected chi connectivity index (χ1v) is 6.30. The van der Waals surface area contributed by atoms with Gasteiger partial charge in [0.25, 0.3) is 0 Å². The molecule has 0 aromatic carbocycles. The van der Waals surface area contributed by atoms with Crippen LogP contribution in [0.3, 0.4) is 0 Å². The van der Waals surface area contributed by atoms with Crippen molar-refractivity contribution in [3.63, 3.8) is 0 Å². The maximum Gasteiger partial charge on any atom is 0.223 e. The van der Waals surface area contributed by atoms with E-state index in [0.29, 0.717) is 5.95 Å².